The molecule has 1 atom stereocenters. The highest BCUT2D eigenvalue weighted by atomic mass is 16.3. The SMILES string of the molecule is C=CC(CO)N1CCN(c2cccc3c2CCc2ccccc2C3)CC1. The van der Waals surface area contributed by atoms with Crippen molar-refractivity contribution in [2.45, 2.75) is 25.3 Å². The van der Waals surface area contributed by atoms with Crippen LogP contribution in [0.1, 0.15) is 22.3 Å². The molecule has 3 nitrogen and oxygen atoms in total. The van der Waals surface area contributed by atoms with Crippen molar-refractivity contribution in [2.24, 2.45) is 0 Å². The maximum atomic E-state index is 9.51. The largest absolute Gasteiger partial charge is 0.394 e. The second-order valence-corrected chi connectivity index (χ2v) is 7.37. The third kappa shape index (κ3) is 3.29. The second kappa shape index (κ2) is 7.65. The summed E-state index contributed by atoms with van der Waals surface area (Å²) in [6.45, 7) is 7.97. The molecule has 1 saturated heterocycles. The first kappa shape index (κ1) is 17.3. The maximum Gasteiger partial charge on any atom is 0.0622 e. The van der Waals surface area contributed by atoms with Gasteiger partial charge in [0.2, 0.25) is 0 Å². The van der Waals surface area contributed by atoms with Gasteiger partial charge >= 0.3 is 0 Å². The standard InChI is InChI=1S/C23H28N2O/c1-2-21(17-26)24-12-14-25(15-13-24)23-9-5-8-20-16-19-7-4-3-6-18(19)10-11-22(20)23/h2-9,21,26H,1,10-17H2. The minimum Gasteiger partial charge on any atom is -0.394 e. The molecule has 1 heterocycles. The molecule has 1 unspecified atom stereocenters. The van der Waals surface area contributed by atoms with Gasteiger partial charge in [0.1, 0.15) is 0 Å². The summed E-state index contributed by atoms with van der Waals surface area (Å²) >= 11 is 0. The zero-order valence-electron chi connectivity index (χ0n) is 15.4. The van der Waals surface area contributed by atoms with Crippen LogP contribution in [0.4, 0.5) is 5.69 Å². The van der Waals surface area contributed by atoms with Gasteiger partial charge in [0.15, 0.2) is 0 Å². The van der Waals surface area contributed by atoms with E-state index >= 15 is 0 Å². The molecule has 1 fully saturated rings. The zero-order valence-corrected chi connectivity index (χ0v) is 15.4. The Bertz CT molecular complexity index is 778. The molecule has 1 N–H and O–H groups in total. The topological polar surface area (TPSA) is 26.7 Å². The number of aliphatic hydroxyl groups excluding tert-OH is 1. The summed E-state index contributed by atoms with van der Waals surface area (Å²) < 4.78 is 0. The van der Waals surface area contributed by atoms with Gasteiger partial charge in [-0.05, 0) is 47.6 Å². The molecule has 2 aliphatic rings. The van der Waals surface area contributed by atoms with Crippen LogP contribution in [0.15, 0.2) is 55.1 Å². The van der Waals surface area contributed by atoms with Crippen molar-refractivity contribution in [3.05, 3.63) is 77.4 Å². The Balaban J connectivity index is 1.55. The average Bonchev–Trinajstić information content (AvgIpc) is 2.88. The maximum absolute atomic E-state index is 9.51. The third-order valence-corrected chi connectivity index (χ3v) is 5.98. The lowest BCUT2D eigenvalue weighted by Gasteiger charge is -2.39. The molecule has 4 rings (SSSR count). The summed E-state index contributed by atoms with van der Waals surface area (Å²) in [6.07, 6.45) is 5.15. The number of rotatable bonds is 4. The molecule has 3 heteroatoms. The van der Waals surface area contributed by atoms with Crippen LogP contribution < -0.4 is 4.90 Å². The van der Waals surface area contributed by atoms with Crippen LogP contribution in [0.2, 0.25) is 0 Å². The van der Waals surface area contributed by atoms with E-state index in [2.05, 4.69) is 58.8 Å². The van der Waals surface area contributed by atoms with Gasteiger partial charge in [-0.3, -0.25) is 4.90 Å². The Kier molecular flexibility index (Phi) is 5.09. The van der Waals surface area contributed by atoms with Crippen LogP contribution >= 0.6 is 0 Å². The fourth-order valence-electron chi connectivity index (χ4n) is 4.44. The number of aryl methyl sites for hydroxylation is 1. The molecule has 0 amide bonds. The predicted molar refractivity (Wildman–Crippen MR) is 108 cm³/mol. The number of anilines is 1. The molecule has 26 heavy (non-hydrogen) atoms. The van der Waals surface area contributed by atoms with Crippen molar-refractivity contribution in [1.82, 2.24) is 4.90 Å². The van der Waals surface area contributed by atoms with Crippen molar-refractivity contribution in [3.63, 3.8) is 0 Å². The Hall–Kier alpha value is -2.10. The molecule has 1 aliphatic carbocycles. The molecule has 2 aromatic rings. The molecule has 0 saturated carbocycles. The molecule has 0 bridgehead atoms. The van der Waals surface area contributed by atoms with Gasteiger partial charge in [0, 0.05) is 31.9 Å². The molecule has 1 aliphatic heterocycles. The van der Waals surface area contributed by atoms with Crippen molar-refractivity contribution < 1.29 is 5.11 Å². The van der Waals surface area contributed by atoms with Gasteiger partial charge < -0.3 is 10.0 Å². The lowest BCUT2D eigenvalue weighted by atomic mass is 9.98. The van der Waals surface area contributed by atoms with Gasteiger partial charge in [-0.25, -0.2) is 0 Å². The van der Waals surface area contributed by atoms with Crippen molar-refractivity contribution in [1.29, 1.82) is 0 Å². The van der Waals surface area contributed by atoms with Gasteiger partial charge in [-0.15, -0.1) is 6.58 Å². The van der Waals surface area contributed by atoms with Crippen molar-refractivity contribution >= 4 is 5.69 Å². The van der Waals surface area contributed by atoms with E-state index in [-0.39, 0.29) is 12.6 Å². The van der Waals surface area contributed by atoms with E-state index in [1.807, 2.05) is 6.08 Å². The minimum absolute atomic E-state index is 0.0829. The number of aliphatic hydroxyl groups is 1. The fraction of sp³-hybridized carbons (Fsp3) is 0.391. The van der Waals surface area contributed by atoms with Crippen LogP contribution in [0.5, 0.6) is 0 Å². The highest BCUT2D eigenvalue weighted by Crippen LogP contribution is 2.32. The number of piperazine rings is 1. The van der Waals surface area contributed by atoms with E-state index in [1.165, 1.54) is 27.9 Å². The number of hydrogen-bond donors (Lipinski definition) is 1. The Morgan fingerprint density at radius 1 is 0.923 bits per heavy atom. The number of hydrogen-bond acceptors (Lipinski definition) is 3. The van der Waals surface area contributed by atoms with Crippen LogP contribution in [0.25, 0.3) is 0 Å². The van der Waals surface area contributed by atoms with Crippen LogP contribution in [0.3, 0.4) is 0 Å². The van der Waals surface area contributed by atoms with Crippen LogP contribution in [-0.4, -0.2) is 48.8 Å². The summed E-state index contributed by atoms with van der Waals surface area (Å²) in [7, 11) is 0. The lowest BCUT2D eigenvalue weighted by molar-refractivity contribution is 0.145. The Morgan fingerprint density at radius 2 is 1.65 bits per heavy atom. The van der Waals surface area contributed by atoms with E-state index in [0.29, 0.717) is 0 Å². The molecule has 0 spiro atoms. The van der Waals surface area contributed by atoms with Crippen molar-refractivity contribution in [2.75, 3.05) is 37.7 Å². The first-order valence-electron chi connectivity index (χ1n) is 9.70. The molecule has 0 radical (unpaired) electrons. The Morgan fingerprint density at radius 3 is 2.38 bits per heavy atom. The van der Waals surface area contributed by atoms with Gasteiger partial charge in [0.05, 0.1) is 12.6 Å². The van der Waals surface area contributed by atoms with Gasteiger partial charge in [-0.1, -0.05) is 42.5 Å². The molecular weight excluding hydrogens is 320 g/mol. The smallest absolute Gasteiger partial charge is 0.0622 e. The highest BCUT2D eigenvalue weighted by molar-refractivity contribution is 5.59. The minimum atomic E-state index is 0.0829. The van der Waals surface area contributed by atoms with E-state index in [9.17, 15) is 5.11 Å². The van der Waals surface area contributed by atoms with Gasteiger partial charge in [-0.2, -0.15) is 0 Å². The Labute approximate surface area is 156 Å². The summed E-state index contributed by atoms with van der Waals surface area (Å²) in [4.78, 5) is 4.86. The van der Waals surface area contributed by atoms with Crippen LogP contribution in [-0.2, 0) is 19.3 Å². The molecular formula is C23H28N2O. The fourth-order valence-corrected chi connectivity index (χ4v) is 4.44. The van der Waals surface area contributed by atoms with Crippen molar-refractivity contribution in [3.8, 4) is 0 Å². The summed E-state index contributed by atoms with van der Waals surface area (Å²) in [5.41, 5.74) is 7.39. The van der Waals surface area contributed by atoms with E-state index in [0.717, 1.165) is 45.4 Å². The first-order valence-corrected chi connectivity index (χ1v) is 9.70. The van der Waals surface area contributed by atoms with E-state index in [4.69, 9.17) is 0 Å². The monoisotopic (exact) mass is 348 g/mol. The highest BCUT2D eigenvalue weighted by Gasteiger charge is 2.24. The number of benzene rings is 2. The average molecular weight is 348 g/mol. The normalized spacial score (nSPS) is 18.6. The third-order valence-electron chi connectivity index (χ3n) is 5.98. The first-order chi connectivity index (χ1) is 12.8. The lowest BCUT2D eigenvalue weighted by Crippen LogP contribution is -2.51. The summed E-state index contributed by atoms with van der Waals surface area (Å²) in [5.74, 6) is 0. The molecule has 2 aromatic carbocycles. The van der Waals surface area contributed by atoms with Crippen LogP contribution in [0, 0.1) is 0 Å². The number of fused-ring (bicyclic) bond motifs is 2. The van der Waals surface area contributed by atoms with E-state index in [1.54, 1.807) is 0 Å². The summed E-state index contributed by atoms with van der Waals surface area (Å²) in [6, 6.07) is 15.8. The summed E-state index contributed by atoms with van der Waals surface area (Å²) in [5, 5.41) is 9.51. The van der Waals surface area contributed by atoms with Gasteiger partial charge in [0.25, 0.3) is 0 Å². The second-order valence-electron chi connectivity index (χ2n) is 7.37. The zero-order chi connectivity index (χ0) is 17.9. The van der Waals surface area contributed by atoms with E-state index < -0.39 is 0 Å². The molecule has 0 aromatic heterocycles. The quantitative estimate of drug-likeness (QED) is 0.861. The predicted octanol–water partition coefficient (Wildman–Crippen LogP) is 3.04. The molecule has 136 valence electrons. The number of nitrogens with zero attached hydrogens (tertiary/aromatic N) is 2.